The Bertz CT molecular complexity index is 1400. The van der Waals surface area contributed by atoms with Gasteiger partial charge in [0.05, 0.1) is 19.9 Å². The molecule has 0 bridgehead atoms. The minimum absolute atomic E-state index is 0.137. The third-order valence-corrected chi connectivity index (χ3v) is 7.17. The van der Waals surface area contributed by atoms with E-state index < -0.39 is 0 Å². The number of hydrogen-bond acceptors (Lipinski definition) is 3. The molecule has 0 unspecified atom stereocenters. The number of ether oxygens (including phenoxy) is 2. The molecule has 0 aliphatic carbocycles. The van der Waals surface area contributed by atoms with Crippen LogP contribution >= 0.6 is 0 Å². The number of benzene rings is 3. The fraction of sp³-hybridized carbons (Fsp3) is 0.323. The summed E-state index contributed by atoms with van der Waals surface area (Å²) in [4.78, 5) is 18.7. The number of amides is 1. The lowest BCUT2D eigenvalue weighted by Crippen LogP contribution is -2.35. The van der Waals surface area contributed by atoms with E-state index in [9.17, 15) is 4.79 Å². The fourth-order valence-electron chi connectivity index (χ4n) is 5.32. The molecule has 5 heteroatoms. The van der Waals surface area contributed by atoms with Gasteiger partial charge in [-0.1, -0.05) is 32.0 Å². The van der Waals surface area contributed by atoms with Crippen molar-refractivity contribution >= 4 is 16.8 Å². The molecule has 1 amide bonds. The van der Waals surface area contributed by atoms with E-state index in [1.165, 1.54) is 17.4 Å². The predicted molar refractivity (Wildman–Crippen MR) is 146 cm³/mol. The Balaban J connectivity index is 1.56. The number of likely N-dealkylation sites (tertiary alicyclic amines) is 1. The van der Waals surface area contributed by atoms with Crippen molar-refractivity contribution in [3.8, 4) is 33.9 Å². The molecule has 1 N–H and O–H groups in total. The van der Waals surface area contributed by atoms with Gasteiger partial charge in [0.15, 0.2) is 11.5 Å². The van der Waals surface area contributed by atoms with E-state index in [0.717, 1.165) is 59.4 Å². The molecule has 1 aromatic heterocycles. The van der Waals surface area contributed by atoms with Crippen LogP contribution in [-0.4, -0.2) is 43.1 Å². The van der Waals surface area contributed by atoms with Crippen LogP contribution < -0.4 is 9.47 Å². The standard InChI is InChI=1S/C31H34N2O3/c1-20(2)29-25-18-22(21-9-8-10-24(17-21)31(34)33-15-6-5-7-16-33)11-13-26(25)32-30(29)23-12-14-27(35-3)28(19-23)36-4/h8-14,17-20,32H,5-7,15-16H2,1-4H3. The number of H-pyrrole nitrogens is 1. The molecule has 5 nitrogen and oxygen atoms in total. The number of nitrogens with zero attached hydrogens (tertiary/aromatic N) is 1. The molecular formula is C31H34N2O3. The number of piperidine rings is 1. The molecule has 0 radical (unpaired) electrons. The maximum Gasteiger partial charge on any atom is 0.253 e. The lowest BCUT2D eigenvalue weighted by Gasteiger charge is -2.26. The molecule has 5 rings (SSSR count). The monoisotopic (exact) mass is 482 g/mol. The van der Waals surface area contributed by atoms with Gasteiger partial charge >= 0.3 is 0 Å². The Labute approximate surface area is 213 Å². The Morgan fingerprint density at radius 1 is 0.833 bits per heavy atom. The van der Waals surface area contributed by atoms with Crippen LogP contribution in [-0.2, 0) is 0 Å². The van der Waals surface area contributed by atoms with Gasteiger partial charge in [0.1, 0.15) is 0 Å². The summed E-state index contributed by atoms with van der Waals surface area (Å²) in [6, 6.07) is 20.6. The first-order valence-corrected chi connectivity index (χ1v) is 12.8. The number of aromatic nitrogens is 1. The molecule has 0 spiro atoms. The third kappa shape index (κ3) is 4.46. The summed E-state index contributed by atoms with van der Waals surface area (Å²) in [5, 5.41) is 1.19. The van der Waals surface area contributed by atoms with Gasteiger partial charge in [-0.25, -0.2) is 0 Å². The molecule has 1 saturated heterocycles. The van der Waals surface area contributed by atoms with E-state index in [0.29, 0.717) is 17.4 Å². The van der Waals surface area contributed by atoms with Crippen LogP contribution in [0.15, 0.2) is 60.7 Å². The van der Waals surface area contributed by atoms with Crippen molar-refractivity contribution in [3.05, 3.63) is 71.8 Å². The Morgan fingerprint density at radius 2 is 1.56 bits per heavy atom. The lowest BCUT2D eigenvalue weighted by molar-refractivity contribution is 0.0724. The maximum atomic E-state index is 13.1. The first-order valence-electron chi connectivity index (χ1n) is 12.8. The van der Waals surface area contributed by atoms with Gasteiger partial charge in [-0.3, -0.25) is 4.79 Å². The van der Waals surface area contributed by atoms with Gasteiger partial charge in [-0.15, -0.1) is 0 Å². The number of hydrogen-bond donors (Lipinski definition) is 1. The normalized spacial score (nSPS) is 13.9. The van der Waals surface area contributed by atoms with Crippen molar-refractivity contribution in [2.75, 3.05) is 27.3 Å². The highest BCUT2D eigenvalue weighted by molar-refractivity contribution is 5.97. The van der Waals surface area contributed by atoms with Crippen molar-refractivity contribution in [1.29, 1.82) is 0 Å². The second kappa shape index (κ2) is 10.1. The molecule has 2 heterocycles. The molecule has 0 saturated carbocycles. The van der Waals surface area contributed by atoms with Gasteiger partial charge in [0.2, 0.25) is 0 Å². The number of fused-ring (bicyclic) bond motifs is 1. The van der Waals surface area contributed by atoms with Crippen LogP contribution in [0.2, 0.25) is 0 Å². The number of nitrogens with one attached hydrogen (secondary N) is 1. The first kappa shape index (κ1) is 24.0. The molecule has 36 heavy (non-hydrogen) atoms. The van der Waals surface area contributed by atoms with Gasteiger partial charge in [-0.2, -0.15) is 0 Å². The van der Waals surface area contributed by atoms with Crippen LogP contribution in [0.5, 0.6) is 11.5 Å². The summed E-state index contributed by atoms with van der Waals surface area (Å²) < 4.78 is 11.0. The van der Waals surface area contributed by atoms with Crippen LogP contribution in [0, 0.1) is 0 Å². The van der Waals surface area contributed by atoms with Crippen molar-refractivity contribution in [2.45, 2.75) is 39.0 Å². The van der Waals surface area contributed by atoms with Crippen LogP contribution in [0.25, 0.3) is 33.3 Å². The zero-order valence-corrected chi connectivity index (χ0v) is 21.6. The van der Waals surface area contributed by atoms with Crippen LogP contribution in [0.4, 0.5) is 0 Å². The van der Waals surface area contributed by atoms with Crippen molar-refractivity contribution in [2.24, 2.45) is 0 Å². The van der Waals surface area contributed by atoms with Crippen molar-refractivity contribution in [1.82, 2.24) is 9.88 Å². The summed E-state index contributed by atoms with van der Waals surface area (Å²) in [6.45, 7) is 6.15. The van der Waals surface area contributed by atoms with Crippen LogP contribution in [0.1, 0.15) is 54.9 Å². The SMILES string of the molecule is COc1ccc(-c2[nH]c3ccc(-c4cccc(C(=O)N5CCCCC5)c4)cc3c2C(C)C)cc1OC. The number of carbonyl (C=O) groups excluding carboxylic acids is 1. The van der Waals surface area contributed by atoms with E-state index in [-0.39, 0.29) is 5.91 Å². The van der Waals surface area contributed by atoms with E-state index >= 15 is 0 Å². The number of carbonyl (C=O) groups is 1. The minimum Gasteiger partial charge on any atom is -0.493 e. The quantitative estimate of drug-likeness (QED) is 0.314. The largest absolute Gasteiger partial charge is 0.493 e. The molecule has 3 aromatic carbocycles. The molecular weight excluding hydrogens is 448 g/mol. The third-order valence-electron chi connectivity index (χ3n) is 7.17. The fourth-order valence-corrected chi connectivity index (χ4v) is 5.32. The molecule has 0 atom stereocenters. The zero-order chi connectivity index (χ0) is 25.2. The second-order valence-corrected chi connectivity index (χ2v) is 9.83. The average Bonchev–Trinajstić information content (AvgIpc) is 3.32. The number of rotatable bonds is 6. The smallest absolute Gasteiger partial charge is 0.253 e. The highest BCUT2D eigenvalue weighted by atomic mass is 16.5. The summed E-state index contributed by atoms with van der Waals surface area (Å²) in [7, 11) is 3.31. The minimum atomic E-state index is 0.137. The summed E-state index contributed by atoms with van der Waals surface area (Å²) in [5.74, 6) is 1.87. The van der Waals surface area contributed by atoms with Crippen LogP contribution in [0.3, 0.4) is 0 Å². The first-order chi connectivity index (χ1) is 17.5. The predicted octanol–water partition coefficient (Wildman–Crippen LogP) is 7.27. The molecule has 1 aliphatic heterocycles. The zero-order valence-electron chi connectivity index (χ0n) is 21.6. The Morgan fingerprint density at radius 3 is 2.28 bits per heavy atom. The molecule has 4 aromatic rings. The van der Waals surface area contributed by atoms with Gasteiger partial charge in [-0.05, 0) is 84.3 Å². The van der Waals surface area contributed by atoms with Gasteiger partial charge in [0, 0.05) is 35.1 Å². The molecule has 1 fully saturated rings. The Hall–Kier alpha value is -3.73. The van der Waals surface area contributed by atoms with E-state index in [4.69, 9.17) is 9.47 Å². The van der Waals surface area contributed by atoms with Crippen molar-refractivity contribution in [3.63, 3.8) is 0 Å². The van der Waals surface area contributed by atoms with E-state index in [1.807, 2.05) is 35.2 Å². The Kier molecular flexibility index (Phi) is 6.73. The number of methoxy groups -OCH3 is 2. The highest BCUT2D eigenvalue weighted by Crippen LogP contribution is 2.40. The molecule has 1 aliphatic rings. The highest BCUT2D eigenvalue weighted by Gasteiger charge is 2.20. The summed E-state index contributed by atoms with van der Waals surface area (Å²) in [5.41, 5.74) is 7.43. The van der Waals surface area contributed by atoms with Gasteiger partial charge < -0.3 is 19.4 Å². The second-order valence-electron chi connectivity index (χ2n) is 9.83. The lowest BCUT2D eigenvalue weighted by atomic mass is 9.94. The topological polar surface area (TPSA) is 54.6 Å². The van der Waals surface area contributed by atoms with E-state index in [2.05, 4.69) is 49.2 Å². The molecule has 186 valence electrons. The summed E-state index contributed by atoms with van der Waals surface area (Å²) in [6.07, 6.45) is 3.40. The van der Waals surface area contributed by atoms with E-state index in [1.54, 1.807) is 14.2 Å². The number of aromatic amines is 1. The average molecular weight is 483 g/mol. The maximum absolute atomic E-state index is 13.1. The summed E-state index contributed by atoms with van der Waals surface area (Å²) >= 11 is 0. The van der Waals surface area contributed by atoms with Crippen molar-refractivity contribution < 1.29 is 14.3 Å². The van der Waals surface area contributed by atoms with Gasteiger partial charge in [0.25, 0.3) is 5.91 Å².